The van der Waals surface area contributed by atoms with Gasteiger partial charge in [0.25, 0.3) is 0 Å². The van der Waals surface area contributed by atoms with Gasteiger partial charge in [-0.05, 0) is 0 Å². The van der Waals surface area contributed by atoms with E-state index in [2.05, 4.69) is 4.74 Å². The third kappa shape index (κ3) is 3.09. The monoisotopic (exact) mass is 153 g/mol. The van der Waals surface area contributed by atoms with E-state index in [1.165, 1.54) is 0 Å². The summed E-state index contributed by atoms with van der Waals surface area (Å²) in [7, 11) is 0. The Balaban J connectivity index is 4.19. The molecule has 0 saturated carbocycles. The second-order valence-electron chi connectivity index (χ2n) is 1.53. The zero-order valence-corrected chi connectivity index (χ0v) is 5.74. The average molecular weight is 153 g/mol. The highest BCUT2D eigenvalue weighted by molar-refractivity contribution is 5.36. The van der Waals surface area contributed by atoms with Gasteiger partial charge >= 0.3 is 0 Å². The van der Waals surface area contributed by atoms with Crippen LogP contribution in [0.3, 0.4) is 0 Å². The minimum absolute atomic E-state index is 0.0152. The third-order valence-corrected chi connectivity index (χ3v) is 0.819. The van der Waals surface area contributed by atoms with Crippen molar-refractivity contribution in [1.82, 2.24) is 0 Å². The van der Waals surface area contributed by atoms with Crippen LogP contribution in [0.15, 0.2) is 11.5 Å². The van der Waals surface area contributed by atoms with Gasteiger partial charge in [0.15, 0.2) is 5.57 Å². The standard InChI is InChI=1S/C6H7N3O2/c7-3-5(4-8)6(9)11-2-1-10/h10H,1-2,9H2. The van der Waals surface area contributed by atoms with Crippen molar-refractivity contribution in [3.63, 3.8) is 0 Å². The molecule has 0 aromatic rings. The largest absolute Gasteiger partial charge is 0.475 e. The van der Waals surface area contributed by atoms with Crippen LogP contribution in [0.1, 0.15) is 0 Å². The summed E-state index contributed by atoms with van der Waals surface area (Å²) in [4.78, 5) is 0. The van der Waals surface area contributed by atoms with E-state index in [4.69, 9.17) is 21.4 Å². The molecule has 11 heavy (non-hydrogen) atoms. The summed E-state index contributed by atoms with van der Waals surface area (Å²) in [6.07, 6.45) is 0. The molecular formula is C6H7N3O2. The Kier molecular flexibility index (Phi) is 4.30. The fourth-order valence-electron chi connectivity index (χ4n) is 0.363. The fraction of sp³-hybridized carbons (Fsp3) is 0.333. The molecule has 5 heteroatoms. The van der Waals surface area contributed by atoms with Crippen LogP contribution >= 0.6 is 0 Å². The van der Waals surface area contributed by atoms with Crippen LogP contribution in [0, 0.1) is 22.7 Å². The van der Waals surface area contributed by atoms with E-state index in [1.807, 2.05) is 0 Å². The van der Waals surface area contributed by atoms with E-state index in [1.54, 1.807) is 12.1 Å². The summed E-state index contributed by atoms with van der Waals surface area (Å²) in [5, 5.41) is 24.8. The quantitative estimate of drug-likeness (QED) is 0.408. The second-order valence-corrected chi connectivity index (χ2v) is 1.53. The van der Waals surface area contributed by atoms with Gasteiger partial charge in [-0.1, -0.05) is 0 Å². The number of rotatable bonds is 3. The predicted octanol–water partition coefficient (Wildman–Crippen LogP) is -0.787. The first-order valence-corrected chi connectivity index (χ1v) is 2.79. The number of aliphatic hydroxyl groups excluding tert-OH is 1. The zero-order valence-electron chi connectivity index (χ0n) is 5.74. The first kappa shape index (κ1) is 9.28. The van der Waals surface area contributed by atoms with E-state index >= 15 is 0 Å². The van der Waals surface area contributed by atoms with Gasteiger partial charge in [-0.3, -0.25) is 0 Å². The summed E-state index contributed by atoms with van der Waals surface area (Å²) in [6.45, 7) is -0.219. The van der Waals surface area contributed by atoms with Crippen LogP contribution in [0.5, 0.6) is 0 Å². The zero-order chi connectivity index (χ0) is 8.69. The van der Waals surface area contributed by atoms with Gasteiger partial charge in [-0.25, -0.2) is 0 Å². The van der Waals surface area contributed by atoms with E-state index in [0.717, 1.165) is 0 Å². The Morgan fingerprint density at radius 1 is 1.45 bits per heavy atom. The number of hydrogen-bond acceptors (Lipinski definition) is 5. The number of nitriles is 2. The Morgan fingerprint density at radius 3 is 2.36 bits per heavy atom. The van der Waals surface area contributed by atoms with Crippen molar-refractivity contribution in [1.29, 1.82) is 10.5 Å². The number of nitrogens with two attached hydrogens (primary N) is 1. The molecule has 0 unspecified atom stereocenters. The van der Waals surface area contributed by atoms with Gasteiger partial charge in [0.2, 0.25) is 5.88 Å². The molecule has 0 spiro atoms. The van der Waals surface area contributed by atoms with Crippen LogP contribution in [0.25, 0.3) is 0 Å². The lowest BCUT2D eigenvalue weighted by Crippen LogP contribution is -2.08. The lowest BCUT2D eigenvalue weighted by atomic mass is 10.3. The molecule has 58 valence electrons. The Morgan fingerprint density at radius 2 is 2.00 bits per heavy atom. The summed E-state index contributed by atoms with van der Waals surface area (Å²) in [6, 6.07) is 3.09. The van der Waals surface area contributed by atoms with Crippen molar-refractivity contribution in [3.8, 4) is 12.1 Å². The van der Waals surface area contributed by atoms with Crippen LogP contribution in [0.4, 0.5) is 0 Å². The normalized spacial score (nSPS) is 7.55. The van der Waals surface area contributed by atoms with E-state index in [9.17, 15) is 0 Å². The van der Waals surface area contributed by atoms with Gasteiger partial charge in [0.05, 0.1) is 6.61 Å². The van der Waals surface area contributed by atoms with E-state index in [0.29, 0.717) is 0 Å². The highest BCUT2D eigenvalue weighted by Crippen LogP contribution is 1.96. The maximum atomic E-state index is 8.27. The highest BCUT2D eigenvalue weighted by atomic mass is 16.5. The first-order chi connectivity index (χ1) is 5.26. The molecule has 0 aliphatic carbocycles. The summed E-state index contributed by atoms with van der Waals surface area (Å²) in [5.74, 6) is -0.246. The lowest BCUT2D eigenvalue weighted by Gasteiger charge is -2.01. The molecule has 0 aliphatic heterocycles. The van der Waals surface area contributed by atoms with Crippen molar-refractivity contribution < 1.29 is 9.84 Å². The smallest absolute Gasteiger partial charge is 0.213 e. The van der Waals surface area contributed by atoms with Gasteiger partial charge in [-0.2, -0.15) is 10.5 Å². The van der Waals surface area contributed by atoms with Crippen molar-refractivity contribution in [2.24, 2.45) is 5.73 Å². The molecule has 0 aliphatic rings. The topological polar surface area (TPSA) is 103 Å². The summed E-state index contributed by atoms with van der Waals surface area (Å²) >= 11 is 0. The Hall–Kier alpha value is -1.72. The Bertz CT molecular complexity index is 217. The number of allylic oxidation sites excluding steroid dienone is 1. The molecule has 0 bridgehead atoms. The maximum absolute atomic E-state index is 8.27. The molecule has 5 nitrogen and oxygen atoms in total. The van der Waals surface area contributed by atoms with Crippen molar-refractivity contribution >= 4 is 0 Å². The Labute approximate surface area is 63.9 Å². The molecule has 0 atom stereocenters. The number of hydrogen-bond donors (Lipinski definition) is 2. The molecule has 3 N–H and O–H groups in total. The first-order valence-electron chi connectivity index (χ1n) is 2.79. The molecule has 0 saturated heterocycles. The predicted molar refractivity (Wildman–Crippen MR) is 35.5 cm³/mol. The highest BCUT2D eigenvalue weighted by Gasteiger charge is 2.01. The summed E-state index contributed by atoms with van der Waals surface area (Å²) in [5.41, 5.74) is 4.85. The van der Waals surface area contributed by atoms with Crippen LogP contribution in [-0.4, -0.2) is 18.3 Å². The van der Waals surface area contributed by atoms with E-state index in [-0.39, 0.29) is 24.7 Å². The molecule has 0 amide bonds. The van der Waals surface area contributed by atoms with Crippen LogP contribution < -0.4 is 5.73 Å². The van der Waals surface area contributed by atoms with Crippen molar-refractivity contribution in [3.05, 3.63) is 11.5 Å². The van der Waals surface area contributed by atoms with Gasteiger partial charge in [-0.15, -0.1) is 0 Å². The van der Waals surface area contributed by atoms with Crippen molar-refractivity contribution in [2.75, 3.05) is 13.2 Å². The van der Waals surface area contributed by atoms with E-state index < -0.39 is 0 Å². The minimum atomic E-state index is -0.279. The molecule has 0 fully saturated rings. The van der Waals surface area contributed by atoms with Crippen LogP contribution in [0.2, 0.25) is 0 Å². The maximum Gasteiger partial charge on any atom is 0.213 e. The number of ether oxygens (including phenoxy) is 1. The number of nitrogens with zero attached hydrogens (tertiary/aromatic N) is 2. The minimum Gasteiger partial charge on any atom is -0.475 e. The van der Waals surface area contributed by atoms with Crippen LogP contribution in [-0.2, 0) is 4.74 Å². The summed E-state index contributed by atoms with van der Waals surface area (Å²) < 4.78 is 4.60. The van der Waals surface area contributed by atoms with Crippen molar-refractivity contribution in [2.45, 2.75) is 0 Å². The molecule has 0 radical (unpaired) electrons. The van der Waals surface area contributed by atoms with Gasteiger partial charge in [0, 0.05) is 0 Å². The molecule has 0 aromatic heterocycles. The fourth-order valence-corrected chi connectivity index (χ4v) is 0.363. The second kappa shape index (κ2) is 5.10. The molecule has 0 rings (SSSR count). The third-order valence-electron chi connectivity index (χ3n) is 0.819. The lowest BCUT2D eigenvalue weighted by molar-refractivity contribution is 0.142. The molecular weight excluding hydrogens is 146 g/mol. The molecule has 0 aromatic carbocycles. The van der Waals surface area contributed by atoms with Gasteiger partial charge < -0.3 is 15.6 Å². The molecule has 0 heterocycles. The van der Waals surface area contributed by atoms with Gasteiger partial charge in [0.1, 0.15) is 18.7 Å². The number of aliphatic hydroxyl groups is 1. The SMILES string of the molecule is N#CC(C#N)=C(N)OCCO. The average Bonchev–Trinajstić information content (AvgIpc) is 2.03.